The molecule has 0 aliphatic carbocycles. The summed E-state index contributed by atoms with van der Waals surface area (Å²) >= 11 is 0. The van der Waals surface area contributed by atoms with E-state index in [9.17, 15) is 9.59 Å². The Morgan fingerprint density at radius 1 is 1.35 bits per heavy atom. The van der Waals surface area contributed by atoms with E-state index in [1.807, 2.05) is 26.0 Å². The number of carbonyl (C=O) groups is 2. The van der Waals surface area contributed by atoms with Crippen LogP contribution < -0.4 is 15.8 Å². The third-order valence-corrected chi connectivity index (χ3v) is 3.38. The Morgan fingerprint density at radius 2 is 2.04 bits per heavy atom. The van der Waals surface area contributed by atoms with Crippen molar-refractivity contribution < 1.29 is 14.3 Å². The highest BCUT2D eigenvalue weighted by atomic mass is 16.5. The molecule has 0 heterocycles. The highest BCUT2D eigenvalue weighted by Crippen LogP contribution is 2.22. The van der Waals surface area contributed by atoms with Gasteiger partial charge in [-0.1, -0.05) is 19.1 Å². The lowest BCUT2D eigenvalue weighted by atomic mass is 10.2. The summed E-state index contributed by atoms with van der Waals surface area (Å²) in [4.78, 5) is 26.0. The minimum atomic E-state index is -0.239. The van der Waals surface area contributed by atoms with Gasteiger partial charge in [0.1, 0.15) is 5.75 Å². The summed E-state index contributed by atoms with van der Waals surface area (Å²) in [6, 6.07) is 7.15. The lowest BCUT2D eigenvalue weighted by molar-refractivity contribution is -0.134. The molecule has 1 atom stereocenters. The summed E-state index contributed by atoms with van der Waals surface area (Å²) in [5.74, 6) is 0.308. The number of hydrogen-bond donors (Lipinski definition) is 2. The van der Waals surface area contributed by atoms with Crippen molar-refractivity contribution in [1.82, 2.24) is 4.90 Å². The molecule has 6 nitrogen and oxygen atoms in total. The van der Waals surface area contributed by atoms with E-state index >= 15 is 0 Å². The van der Waals surface area contributed by atoms with Gasteiger partial charge in [-0.05, 0) is 31.9 Å². The number of anilines is 1. The molecular formula is C17H27N3O3. The zero-order valence-electron chi connectivity index (χ0n) is 14.2. The number of amides is 2. The topological polar surface area (TPSA) is 84.7 Å². The van der Waals surface area contributed by atoms with Crippen molar-refractivity contribution in [1.29, 1.82) is 0 Å². The summed E-state index contributed by atoms with van der Waals surface area (Å²) in [6.45, 7) is 4.43. The molecule has 0 saturated carbocycles. The first-order valence-electron chi connectivity index (χ1n) is 7.94. The number of rotatable bonds is 9. The highest BCUT2D eigenvalue weighted by Gasteiger charge is 2.17. The lowest BCUT2D eigenvalue weighted by Gasteiger charge is -2.22. The first kappa shape index (κ1) is 19.0. The summed E-state index contributed by atoms with van der Waals surface area (Å²) in [7, 11) is 1.55. The number of para-hydroxylation sites is 2. The van der Waals surface area contributed by atoms with Crippen LogP contribution in [0.1, 0.15) is 33.1 Å². The number of benzene rings is 1. The van der Waals surface area contributed by atoms with Gasteiger partial charge in [0.15, 0.2) is 0 Å². The van der Waals surface area contributed by atoms with Crippen LogP contribution in [-0.2, 0) is 9.59 Å². The number of nitrogens with one attached hydrogen (secondary N) is 1. The molecule has 23 heavy (non-hydrogen) atoms. The maximum absolute atomic E-state index is 12.2. The van der Waals surface area contributed by atoms with Crippen molar-refractivity contribution in [3.63, 3.8) is 0 Å². The van der Waals surface area contributed by atoms with Gasteiger partial charge >= 0.3 is 0 Å². The van der Waals surface area contributed by atoms with Gasteiger partial charge in [-0.3, -0.25) is 9.59 Å². The van der Waals surface area contributed by atoms with Gasteiger partial charge in [0.05, 0.1) is 19.3 Å². The van der Waals surface area contributed by atoms with Gasteiger partial charge in [0, 0.05) is 19.0 Å². The van der Waals surface area contributed by atoms with Gasteiger partial charge in [-0.25, -0.2) is 0 Å². The standard InChI is InChI=1S/C17H27N3O3/c1-4-11-20(17(22)10-9-13(2)18)12-16(21)19-14-7-5-6-8-15(14)23-3/h5-8,13H,4,9-12,18H2,1-3H3,(H,19,21). The molecule has 6 heteroatoms. The Bertz CT molecular complexity index is 518. The molecule has 3 N–H and O–H groups in total. The molecule has 1 aromatic carbocycles. The average Bonchev–Trinajstić information content (AvgIpc) is 2.52. The lowest BCUT2D eigenvalue weighted by Crippen LogP contribution is -2.39. The van der Waals surface area contributed by atoms with Crippen molar-refractivity contribution in [3.05, 3.63) is 24.3 Å². The molecule has 0 aromatic heterocycles. The van der Waals surface area contributed by atoms with E-state index in [4.69, 9.17) is 10.5 Å². The van der Waals surface area contributed by atoms with Gasteiger partial charge < -0.3 is 20.7 Å². The number of nitrogens with zero attached hydrogens (tertiary/aromatic N) is 1. The number of methoxy groups -OCH3 is 1. The monoisotopic (exact) mass is 321 g/mol. The van der Waals surface area contributed by atoms with Gasteiger partial charge in [0.25, 0.3) is 0 Å². The Hall–Kier alpha value is -2.08. The molecule has 0 aliphatic heterocycles. The Labute approximate surface area is 138 Å². The number of ether oxygens (including phenoxy) is 1. The number of carbonyl (C=O) groups excluding carboxylic acids is 2. The van der Waals surface area contributed by atoms with Crippen LogP contribution in [0, 0.1) is 0 Å². The van der Waals surface area contributed by atoms with Crippen LogP contribution in [0.3, 0.4) is 0 Å². The molecule has 1 rings (SSSR count). The molecule has 1 unspecified atom stereocenters. The zero-order chi connectivity index (χ0) is 17.2. The second-order valence-electron chi connectivity index (χ2n) is 5.58. The van der Waals surface area contributed by atoms with Crippen LogP contribution in [0.25, 0.3) is 0 Å². The molecule has 0 aliphatic rings. The Balaban J connectivity index is 2.64. The first-order valence-corrected chi connectivity index (χ1v) is 7.94. The Morgan fingerprint density at radius 3 is 2.65 bits per heavy atom. The fourth-order valence-electron chi connectivity index (χ4n) is 2.18. The van der Waals surface area contributed by atoms with Crippen LogP contribution in [-0.4, -0.2) is 43.0 Å². The van der Waals surface area contributed by atoms with E-state index in [1.165, 1.54) is 0 Å². The second-order valence-corrected chi connectivity index (χ2v) is 5.58. The molecule has 0 saturated heterocycles. The van der Waals surface area contributed by atoms with E-state index in [2.05, 4.69) is 5.32 Å². The van der Waals surface area contributed by atoms with Crippen molar-refractivity contribution in [2.45, 2.75) is 39.2 Å². The van der Waals surface area contributed by atoms with Gasteiger partial charge in [0.2, 0.25) is 11.8 Å². The molecule has 1 aromatic rings. The predicted molar refractivity (Wildman–Crippen MR) is 91.4 cm³/mol. The predicted octanol–water partition coefficient (Wildman–Crippen LogP) is 2.00. The van der Waals surface area contributed by atoms with Crippen molar-refractivity contribution in [2.24, 2.45) is 5.73 Å². The highest BCUT2D eigenvalue weighted by molar-refractivity contribution is 5.95. The van der Waals surface area contributed by atoms with E-state index in [1.54, 1.807) is 24.1 Å². The van der Waals surface area contributed by atoms with E-state index in [0.29, 0.717) is 30.8 Å². The van der Waals surface area contributed by atoms with Crippen LogP contribution in [0.5, 0.6) is 5.75 Å². The fraction of sp³-hybridized carbons (Fsp3) is 0.529. The second kappa shape index (κ2) is 9.84. The molecule has 0 fully saturated rings. The maximum Gasteiger partial charge on any atom is 0.244 e. The number of hydrogen-bond acceptors (Lipinski definition) is 4. The van der Waals surface area contributed by atoms with E-state index in [-0.39, 0.29) is 24.4 Å². The van der Waals surface area contributed by atoms with Crippen molar-refractivity contribution >= 4 is 17.5 Å². The van der Waals surface area contributed by atoms with Gasteiger partial charge in [-0.15, -0.1) is 0 Å². The van der Waals surface area contributed by atoms with E-state index < -0.39 is 0 Å². The van der Waals surface area contributed by atoms with Crippen molar-refractivity contribution in [2.75, 3.05) is 25.5 Å². The van der Waals surface area contributed by atoms with Crippen LogP contribution >= 0.6 is 0 Å². The Kier molecular flexibility index (Phi) is 8.11. The third kappa shape index (κ3) is 6.69. The summed E-state index contributed by atoms with van der Waals surface area (Å²) < 4.78 is 5.20. The normalized spacial score (nSPS) is 11.7. The van der Waals surface area contributed by atoms with Crippen LogP contribution in [0.4, 0.5) is 5.69 Å². The smallest absolute Gasteiger partial charge is 0.244 e. The summed E-state index contributed by atoms with van der Waals surface area (Å²) in [5, 5.41) is 2.79. The minimum absolute atomic E-state index is 0.0233. The molecule has 2 amide bonds. The van der Waals surface area contributed by atoms with Crippen LogP contribution in [0.2, 0.25) is 0 Å². The minimum Gasteiger partial charge on any atom is -0.495 e. The molecule has 0 radical (unpaired) electrons. The first-order chi connectivity index (χ1) is 11.0. The number of nitrogens with two attached hydrogens (primary N) is 1. The quantitative estimate of drug-likeness (QED) is 0.728. The van der Waals surface area contributed by atoms with Crippen LogP contribution in [0.15, 0.2) is 24.3 Å². The fourth-order valence-corrected chi connectivity index (χ4v) is 2.18. The largest absolute Gasteiger partial charge is 0.495 e. The SMILES string of the molecule is CCCN(CC(=O)Nc1ccccc1OC)C(=O)CCC(C)N. The van der Waals surface area contributed by atoms with Gasteiger partial charge in [-0.2, -0.15) is 0 Å². The van der Waals surface area contributed by atoms with E-state index in [0.717, 1.165) is 6.42 Å². The van der Waals surface area contributed by atoms with Crippen molar-refractivity contribution in [3.8, 4) is 5.75 Å². The molecule has 128 valence electrons. The average molecular weight is 321 g/mol. The zero-order valence-corrected chi connectivity index (χ0v) is 14.2. The summed E-state index contributed by atoms with van der Waals surface area (Å²) in [5.41, 5.74) is 6.28. The molecule has 0 bridgehead atoms. The summed E-state index contributed by atoms with van der Waals surface area (Å²) in [6.07, 6.45) is 1.78. The molecular weight excluding hydrogens is 294 g/mol. The molecule has 0 spiro atoms. The third-order valence-electron chi connectivity index (χ3n) is 3.38. The maximum atomic E-state index is 12.2.